The summed E-state index contributed by atoms with van der Waals surface area (Å²) in [4.78, 5) is 8.87. The van der Waals surface area contributed by atoms with Gasteiger partial charge in [-0.05, 0) is 36.7 Å². The van der Waals surface area contributed by atoms with E-state index >= 15 is 0 Å². The SMILES string of the molecule is CC(C)CNCc1cc(-n2cnc3ccccc32)ccn1. The summed E-state index contributed by atoms with van der Waals surface area (Å²) in [5, 5.41) is 3.42. The highest BCUT2D eigenvalue weighted by molar-refractivity contribution is 5.77. The highest BCUT2D eigenvalue weighted by atomic mass is 15.0. The largest absolute Gasteiger partial charge is 0.311 e. The van der Waals surface area contributed by atoms with Crippen LogP contribution in [0.25, 0.3) is 16.7 Å². The van der Waals surface area contributed by atoms with Crippen molar-refractivity contribution in [1.82, 2.24) is 19.9 Å². The Balaban J connectivity index is 1.85. The van der Waals surface area contributed by atoms with Gasteiger partial charge in [0.15, 0.2) is 0 Å². The Kier molecular flexibility index (Phi) is 3.97. The molecule has 0 spiro atoms. The molecule has 4 nitrogen and oxygen atoms in total. The van der Waals surface area contributed by atoms with Crippen LogP contribution in [0.5, 0.6) is 0 Å². The van der Waals surface area contributed by atoms with E-state index in [1.54, 1.807) is 0 Å². The zero-order valence-electron chi connectivity index (χ0n) is 12.5. The molecule has 1 aromatic carbocycles. The number of imidazole rings is 1. The van der Waals surface area contributed by atoms with Crippen molar-refractivity contribution in [3.05, 3.63) is 54.6 Å². The van der Waals surface area contributed by atoms with E-state index in [0.29, 0.717) is 5.92 Å². The standard InChI is InChI=1S/C17H20N4/c1-13(2)10-18-11-14-9-15(7-8-19-14)21-12-20-16-5-3-4-6-17(16)21/h3-9,12-13,18H,10-11H2,1-2H3. The number of pyridine rings is 1. The van der Waals surface area contributed by atoms with Crippen molar-refractivity contribution in [2.24, 2.45) is 5.92 Å². The summed E-state index contributed by atoms with van der Waals surface area (Å²) in [6, 6.07) is 12.3. The Morgan fingerprint density at radius 3 is 2.86 bits per heavy atom. The summed E-state index contributed by atoms with van der Waals surface area (Å²) in [7, 11) is 0. The van der Waals surface area contributed by atoms with Gasteiger partial charge in [-0.15, -0.1) is 0 Å². The maximum absolute atomic E-state index is 4.44. The Morgan fingerprint density at radius 1 is 1.14 bits per heavy atom. The van der Waals surface area contributed by atoms with Gasteiger partial charge in [-0.2, -0.15) is 0 Å². The lowest BCUT2D eigenvalue weighted by atomic mass is 10.2. The van der Waals surface area contributed by atoms with E-state index in [1.165, 1.54) is 0 Å². The maximum Gasteiger partial charge on any atom is 0.100 e. The van der Waals surface area contributed by atoms with Crippen LogP contribution in [0.1, 0.15) is 19.5 Å². The van der Waals surface area contributed by atoms with Gasteiger partial charge in [-0.25, -0.2) is 4.98 Å². The third kappa shape index (κ3) is 3.11. The van der Waals surface area contributed by atoms with Crippen molar-refractivity contribution in [3.63, 3.8) is 0 Å². The molecule has 0 amide bonds. The van der Waals surface area contributed by atoms with Crippen LogP contribution in [0.2, 0.25) is 0 Å². The molecule has 4 heteroatoms. The first-order chi connectivity index (χ1) is 10.2. The van der Waals surface area contributed by atoms with Gasteiger partial charge in [0.05, 0.1) is 22.4 Å². The lowest BCUT2D eigenvalue weighted by molar-refractivity contribution is 0.548. The molecule has 0 aliphatic carbocycles. The number of hydrogen-bond donors (Lipinski definition) is 1. The number of aromatic nitrogens is 3. The zero-order chi connectivity index (χ0) is 14.7. The number of nitrogens with zero attached hydrogens (tertiary/aromatic N) is 3. The summed E-state index contributed by atoms with van der Waals surface area (Å²) in [5.41, 5.74) is 4.27. The van der Waals surface area contributed by atoms with Crippen LogP contribution in [0.4, 0.5) is 0 Å². The summed E-state index contributed by atoms with van der Waals surface area (Å²) in [6.07, 6.45) is 3.72. The van der Waals surface area contributed by atoms with Gasteiger partial charge >= 0.3 is 0 Å². The third-order valence-corrected chi connectivity index (χ3v) is 3.39. The average molecular weight is 280 g/mol. The van der Waals surface area contributed by atoms with E-state index in [0.717, 1.165) is 35.5 Å². The molecule has 0 atom stereocenters. The Bertz CT molecular complexity index is 730. The topological polar surface area (TPSA) is 42.7 Å². The first-order valence-corrected chi connectivity index (χ1v) is 7.32. The van der Waals surface area contributed by atoms with E-state index in [-0.39, 0.29) is 0 Å². The monoisotopic (exact) mass is 280 g/mol. The van der Waals surface area contributed by atoms with Crippen LogP contribution in [-0.2, 0) is 6.54 Å². The van der Waals surface area contributed by atoms with Crippen LogP contribution < -0.4 is 5.32 Å². The predicted octanol–water partition coefficient (Wildman–Crippen LogP) is 3.17. The average Bonchev–Trinajstić information content (AvgIpc) is 2.91. The van der Waals surface area contributed by atoms with Crippen molar-refractivity contribution < 1.29 is 0 Å². The lowest BCUT2D eigenvalue weighted by Gasteiger charge is -2.09. The normalized spacial score (nSPS) is 11.4. The fourth-order valence-corrected chi connectivity index (χ4v) is 2.37. The third-order valence-electron chi connectivity index (χ3n) is 3.39. The second-order valence-corrected chi connectivity index (χ2v) is 5.63. The van der Waals surface area contributed by atoms with E-state index in [1.807, 2.05) is 36.8 Å². The van der Waals surface area contributed by atoms with Crippen LogP contribution in [-0.4, -0.2) is 21.1 Å². The maximum atomic E-state index is 4.44. The van der Waals surface area contributed by atoms with E-state index in [9.17, 15) is 0 Å². The minimum absolute atomic E-state index is 0.644. The zero-order valence-corrected chi connectivity index (χ0v) is 12.5. The summed E-state index contributed by atoms with van der Waals surface area (Å²) >= 11 is 0. The lowest BCUT2D eigenvalue weighted by Crippen LogP contribution is -2.19. The molecule has 2 aromatic heterocycles. The van der Waals surface area contributed by atoms with Gasteiger partial charge < -0.3 is 5.32 Å². The van der Waals surface area contributed by atoms with Gasteiger partial charge in [0.25, 0.3) is 0 Å². The van der Waals surface area contributed by atoms with Gasteiger partial charge in [-0.3, -0.25) is 9.55 Å². The molecule has 0 aliphatic rings. The smallest absolute Gasteiger partial charge is 0.100 e. The minimum Gasteiger partial charge on any atom is -0.311 e. The number of fused-ring (bicyclic) bond motifs is 1. The molecule has 1 N–H and O–H groups in total. The summed E-state index contributed by atoms with van der Waals surface area (Å²) in [6.45, 7) is 6.20. The second-order valence-electron chi connectivity index (χ2n) is 5.63. The van der Waals surface area contributed by atoms with E-state index in [4.69, 9.17) is 0 Å². The van der Waals surface area contributed by atoms with Crippen molar-refractivity contribution >= 4 is 11.0 Å². The van der Waals surface area contributed by atoms with E-state index in [2.05, 4.69) is 45.8 Å². The summed E-state index contributed by atoms with van der Waals surface area (Å²) in [5.74, 6) is 0.644. The quantitative estimate of drug-likeness (QED) is 0.780. The molecule has 0 aliphatic heterocycles. The fourth-order valence-electron chi connectivity index (χ4n) is 2.37. The van der Waals surface area contributed by atoms with Gasteiger partial charge in [0, 0.05) is 12.7 Å². The molecule has 3 aromatic rings. The highest BCUT2D eigenvalue weighted by Crippen LogP contribution is 2.17. The van der Waals surface area contributed by atoms with Gasteiger partial charge in [0.2, 0.25) is 0 Å². The summed E-state index contributed by atoms with van der Waals surface area (Å²) < 4.78 is 2.10. The Hall–Kier alpha value is -2.20. The van der Waals surface area contributed by atoms with E-state index < -0.39 is 0 Å². The molecule has 0 unspecified atom stereocenters. The highest BCUT2D eigenvalue weighted by Gasteiger charge is 2.05. The van der Waals surface area contributed by atoms with Crippen molar-refractivity contribution in [3.8, 4) is 5.69 Å². The first-order valence-electron chi connectivity index (χ1n) is 7.32. The van der Waals surface area contributed by atoms with Crippen LogP contribution in [0.3, 0.4) is 0 Å². The fraction of sp³-hybridized carbons (Fsp3) is 0.294. The van der Waals surface area contributed by atoms with Crippen molar-refractivity contribution in [1.29, 1.82) is 0 Å². The molecule has 2 heterocycles. The van der Waals surface area contributed by atoms with Crippen LogP contribution in [0, 0.1) is 5.92 Å². The molecule has 21 heavy (non-hydrogen) atoms. The van der Waals surface area contributed by atoms with Crippen molar-refractivity contribution in [2.45, 2.75) is 20.4 Å². The van der Waals surface area contributed by atoms with Crippen molar-refractivity contribution in [2.75, 3.05) is 6.54 Å². The number of nitrogens with one attached hydrogen (secondary N) is 1. The molecular formula is C17H20N4. The number of para-hydroxylation sites is 2. The van der Waals surface area contributed by atoms with Crippen LogP contribution in [0.15, 0.2) is 48.9 Å². The van der Waals surface area contributed by atoms with Crippen LogP contribution >= 0.6 is 0 Å². The molecule has 0 radical (unpaired) electrons. The first kappa shape index (κ1) is 13.8. The second kappa shape index (κ2) is 6.06. The van der Waals surface area contributed by atoms with Gasteiger partial charge in [-0.1, -0.05) is 26.0 Å². The Morgan fingerprint density at radius 2 is 2.00 bits per heavy atom. The Labute approximate surface area is 124 Å². The minimum atomic E-state index is 0.644. The molecule has 3 rings (SSSR count). The molecule has 0 saturated heterocycles. The molecule has 108 valence electrons. The molecule has 0 bridgehead atoms. The number of rotatable bonds is 5. The number of hydrogen-bond acceptors (Lipinski definition) is 3. The number of benzene rings is 1. The molecule has 0 fully saturated rings. The molecule has 0 saturated carbocycles. The van der Waals surface area contributed by atoms with Gasteiger partial charge in [0.1, 0.15) is 6.33 Å². The molecular weight excluding hydrogens is 260 g/mol. The predicted molar refractivity (Wildman–Crippen MR) is 85.4 cm³/mol.